The lowest BCUT2D eigenvalue weighted by atomic mass is 9.90. The Morgan fingerprint density at radius 3 is 2.26 bits per heavy atom. The molecule has 0 bridgehead atoms. The lowest BCUT2D eigenvalue weighted by Crippen LogP contribution is -2.37. The Labute approximate surface area is 136 Å². The highest BCUT2D eigenvalue weighted by atomic mass is 19.1. The van der Waals surface area contributed by atoms with Gasteiger partial charge in [0.2, 0.25) is 0 Å². The normalized spacial score (nSPS) is 21.7. The summed E-state index contributed by atoms with van der Waals surface area (Å²) in [5.74, 6) is -0.655. The lowest BCUT2D eigenvalue weighted by Gasteiger charge is -2.29. The van der Waals surface area contributed by atoms with Crippen LogP contribution in [0.25, 0.3) is 0 Å². The molecule has 0 aromatic heterocycles. The van der Waals surface area contributed by atoms with Gasteiger partial charge < -0.3 is 14.7 Å². The SMILES string of the molecule is OC1CCN(CCc2c(F)cc(C3CCOCC3)cc2F)CC1. The highest BCUT2D eigenvalue weighted by Gasteiger charge is 2.21. The maximum absolute atomic E-state index is 14.4. The predicted molar refractivity (Wildman–Crippen MR) is 84.5 cm³/mol. The minimum Gasteiger partial charge on any atom is -0.393 e. The molecule has 1 N–H and O–H groups in total. The maximum Gasteiger partial charge on any atom is 0.129 e. The van der Waals surface area contributed by atoms with Gasteiger partial charge in [-0.25, -0.2) is 8.78 Å². The number of aliphatic hydroxyl groups excluding tert-OH is 1. The second-order valence-corrected chi connectivity index (χ2v) is 6.67. The average molecular weight is 325 g/mol. The summed E-state index contributed by atoms with van der Waals surface area (Å²) in [5, 5.41) is 9.50. The Bertz CT molecular complexity index is 501. The number of hydrogen-bond acceptors (Lipinski definition) is 3. The minimum atomic E-state index is -0.427. The molecule has 0 radical (unpaired) electrons. The third kappa shape index (κ3) is 4.28. The monoisotopic (exact) mass is 325 g/mol. The largest absolute Gasteiger partial charge is 0.393 e. The first kappa shape index (κ1) is 16.8. The zero-order valence-corrected chi connectivity index (χ0v) is 13.4. The van der Waals surface area contributed by atoms with Gasteiger partial charge in [-0.1, -0.05) is 0 Å². The van der Waals surface area contributed by atoms with Crippen LogP contribution in [0.5, 0.6) is 0 Å². The number of likely N-dealkylation sites (tertiary alicyclic amines) is 1. The Hall–Kier alpha value is -1.04. The highest BCUT2D eigenvalue weighted by molar-refractivity contribution is 5.29. The number of hydrogen-bond donors (Lipinski definition) is 1. The molecule has 1 aromatic carbocycles. The Morgan fingerprint density at radius 2 is 1.65 bits per heavy atom. The van der Waals surface area contributed by atoms with Crippen LogP contribution in [0.15, 0.2) is 12.1 Å². The standard InChI is InChI=1S/C18H25F2NO2/c19-17-11-14(13-4-9-23-10-5-13)12-18(20)16(17)3-8-21-6-1-15(22)2-7-21/h11-13,15,22H,1-10H2. The van der Waals surface area contributed by atoms with Gasteiger partial charge >= 0.3 is 0 Å². The summed E-state index contributed by atoms with van der Waals surface area (Å²) in [5.41, 5.74) is 0.945. The smallest absolute Gasteiger partial charge is 0.129 e. The van der Waals surface area contributed by atoms with Crippen LogP contribution in [0, 0.1) is 11.6 Å². The van der Waals surface area contributed by atoms with Gasteiger partial charge in [0.05, 0.1) is 6.10 Å². The molecule has 2 aliphatic heterocycles. The van der Waals surface area contributed by atoms with Crippen molar-refractivity contribution in [2.45, 2.75) is 44.1 Å². The van der Waals surface area contributed by atoms with Crippen LogP contribution in [0.2, 0.25) is 0 Å². The van der Waals surface area contributed by atoms with Gasteiger partial charge in [0.15, 0.2) is 0 Å². The molecule has 2 saturated heterocycles. The number of benzene rings is 1. The van der Waals surface area contributed by atoms with E-state index < -0.39 is 11.6 Å². The molecular weight excluding hydrogens is 300 g/mol. The van der Waals surface area contributed by atoms with E-state index in [-0.39, 0.29) is 17.6 Å². The molecule has 128 valence electrons. The van der Waals surface area contributed by atoms with Gasteiger partial charge in [-0.15, -0.1) is 0 Å². The van der Waals surface area contributed by atoms with Crippen molar-refractivity contribution < 1.29 is 18.6 Å². The molecule has 0 aliphatic carbocycles. The van der Waals surface area contributed by atoms with E-state index in [4.69, 9.17) is 4.74 Å². The zero-order chi connectivity index (χ0) is 16.2. The highest BCUT2D eigenvalue weighted by Crippen LogP contribution is 2.29. The fourth-order valence-electron chi connectivity index (χ4n) is 3.54. The van der Waals surface area contributed by atoms with Gasteiger partial charge in [-0.05, 0) is 55.7 Å². The first-order valence-electron chi connectivity index (χ1n) is 8.59. The lowest BCUT2D eigenvalue weighted by molar-refractivity contribution is 0.0829. The van der Waals surface area contributed by atoms with E-state index in [2.05, 4.69) is 4.90 Å². The van der Waals surface area contributed by atoms with Crippen molar-refractivity contribution in [1.29, 1.82) is 0 Å². The minimum absolute atomic E-state index is 0.187. The quantitative estimate of drug-likeness (QED) is 0.924. The van der Waals surface area contributed by atoms with Gasteiger partial charge in [-0.3, -0.25) is 0 Å². The molecule has 2 heterocycles. The summed E-state index contributed by atoms with van der Waals surface area (Å²) in [4.78, 5) is 2.16. The molecular formula is C18H25F2NO2. The van der Waals surface area contributed by atoms with Crippen LogP contribution >= 0.6 is 0 Å². The number of nitrogens with zero attached hydrogens (tertiary/aromatic N) is 1. The van der Waals surface area contributed by atoms with Crippen molar-refractivity contribution in [1.82, 2.24) is 4.90 Å². The third-order valence-corrected chi connectivity index (χ3v) is 5.09. The van der Waals surface area contributed by atoms with Crippen molar-refractivity contribution in [3.63, 3.8) is 0 Å². The van der Waals surface area contributed by atoms with Crippen LogP contribution in [-0.2, 0) is 11.2 Å². The van der Waals surface area contributed by atoms with Crippen molar-refractivity contribution >= 4 is 0 Å². The molecule has 0 amide bonds. The molecule has 0 spiro atoms. The van der Waals surface area contributed by atoms with E-state index in [1.54, 1.807) is 0 Å². The predicted octanol–water partition coefficient (Wildman–Crippen LogP) is 2.86. The van der Waals surface area contributed by atoms with E-state index in [1.807, 2.05) is 0 Å². The molecule has 0 unspecified atom stereocenters. The summed E-state index contributed by atoms with van der Waals surface area (Å²) in [6.07, 6.45) is 3.30. The van der Waals surface area contributed by atoms with Crippen molar-refractivity contribution in [3.8, 4) is 0 Å². The third-order valence-electron chi connectivity index (χ3n) is 5.09. The molecule has 2 fully saturated rings. The second kappa shape index (κ2) is 7.69. The van der Waals surface area contributed by atoms with Crippen LogP contribution in [0.3, 0.4) is 0 Å². The number of aliphatic hydroxyl groups is 1. The summed E-state index contributed by atoms with van der Waals surface area (Å²) in [6.45, 7) is 3.55. The van der Waals surface area contributed by atoms with Gasteiger partial charge in [-0.2, -0.15) is 0 Å². The Morgan fingerprint density at radius 1 is 1.04 bits per heavy atom. The second-order valence-electron chi connectivity index (χ2n) is 6.67. The van der Waals surface area contributed by atoms with Crippen LogP contribution in [-0.4, -0.2) is 49.0 Å². The molecule has 1 aromatic rings. The zero-order valence-electron chi connectivity index (χ0n) is 13.4. The molecule has 2 aliphatic rings. The molecule has 0 atom stereocenters. The summed E-state index contributed by atoms with van der Waals surface area (Å²) in [7, 11) is 0. The molecule has 3 nitrogen and oxygen atoms in total. The fourth-order valence-corrected chi connectivity index (χ4v) is 3.54. The fraction of sp³-hybridized carbons (Fsp3) is 0.667. The maximum atomic E-state index is 14.4. The van der Waals surface area contributed by atoms with E-state index >= 15 is 0 Å². The summed E-state index contributed by atoms with van der Waals surface area (Å²) < 4.78 is 34.0. The first-order chi connectivity index (χ1) is 11.1. The summed E-state index contributed by atoms with van der Waals surface area (Å²) >= 11 is 0. The topological polar surface area (TPSA) is 32.7 Å². The summed E-state index contributed by atoms with van der Waals surface area (Å²) in [6, 6.07) is 3.02. The molecule has 0 saturated carbocycles. The number of piperidine rings is 1. The first-order valence-corrected chi connectivity index (χ1v) is 8.59. The van der Waals surface area contributed by atoms with Crippen molar-refractivity contribution in [2.75, 3.05) is 32.8 Å². The molecule has 23 heavy (non-hydrogen) atoms. The molecule has 3 rings (SSSR count). The average Bonchev–Trinajstić information content (AvgIpc) is 2.56. The van der Waals surface area contributed by atoms with E-state index in [9.17, 15) is 13.9 Å². The Kier molecular flexibility index (Phi) is 5.62. The number of halogens is 2. The van der Waals surface area contributed by atoms with Crippen LogP contribution in [0.4, 0.5) is 8.78 Å². The van der Waals surface area contributed by atoms with E-state index in [1.165, 1.54) is 12.1 Å². The van der Waals surface area contributed by atoms with Crippen LogP contribution < -0.4 is 0 Å². The van der Waals surface area contributed by atoms with Crippen molar-refractivity contribution in [2.24, 2.45) is 0 Å². The number of rotatable bonds is 4. The van der Waals surface area contributed by atoms with E-state index in [0.29, 0.717) is 26.2 Å². The van der Waals surface area contributed by atoms with E-state index in [0.717, 1.165) is 44.3 Å². The van der Waals surface area contributed by atoms with Crippen LogP contribution in [0.1, 0.15) is 42.7 Å². The van der Waals surface area contributed by atoms with Gasteiger partial charge in [0, 0.05) is 38.4 Å². The number of ether oxygens (including phenoxy) is 1. The Balaban J connectivity index is 1.63. The van der Waals surface area contributed by atoms with Crippen molar-refractivity contribution in [3.05, 3.63) is 34.9 Å². The molecule has 5 heteroatoms. The van der Waals surface area contributed by atoms with Gasteiger partial charge in [0.25, 0.3) is 0 Å². The van der Waals surface area contributed by atoms with Gasteiger partial charge in [0.1, 0.15) is 11.6 Å².